The molecule has 0 saturated heterocycles. The summed E-state index contributed by atoms with van der Waals surface area (Å²) in [6.07, 6.45) is 5.19. The molecule has 0 bridgehead atoms. The molecule has 0 radical (unpaired) electrons. The average Bonchev–Trinajstić information content (AvgIpc) is 2.35. The summed E-state index contributed by atoms with van der Waals surface area (Å²) in [7, 11) is 0. The largest absolute Gasteiger partial charge is 0.323 e. The summed E-state index contributed by atoms with van der Waals surface area (Å²) in [4.78, 5) is 11.5. The second-order valence-corrected chi connectivity index (χ2v) is 4.62. The van der Waals surface area contributed by atoms with E-state index in [1.165, 1.54) is 18.4 Å². The Hall–Kier alpha value is -1.77. The predicted octanol–water partition coefficient (Wildman–Crippen LogP) is 4.07. The third kappa shape index (κ3) is 5.53. The van der Waals surface area contributed by atoms with Crippen LogP contribution in [0.5, 0.6) is 0 Å². The summed E-state index contributed by atoms with van der Waals surface area (Å²) in [5, 5.41) is 5.45. The number of carbonyl (C=O) groups is 1. The van der Waals surface area contributed by atoms with E-state index in [9.17, 15) is 4.79 Å². The van der Waals surface area contributed by atoms with Crippen LogP contribution in [0.25, 0.3) is 0 Å². The van der Waals surface area contributed by atoms with Crippen LogP contribution in [0.1, 0.15) is 39.2 Å². The maximum Gasteiger partial charge on any atom is 0.323 e. The Bertz CT molecular complexity index is 403. The van der Waals surface area contributed by atoms with Crippen molar-refractivity contribution >= 4 is 11.7 Å². The van der Waals surface area contributed by atoms with Gasteiger partial charge >= 0.3 is 6.03 Å². The van der Waals surface area contributed by atoms with Crippen LogP contribution >= 0.6 is 0 Å². The fraction of sp³-hybridized carbons (Fsp3) is 0.400. The Morgan fingerprint density at radius 3 is 2.44 bits per heavy atom. The van der Waals surface area contributed by atoms with Gasteiger partial charge in [-0.3, -0.25) is 0 Å². The molecule has 0 unspecified atom stereocenters. The predicted molar refractivity (Wildman–Crippen MR) is 76.6 cm³/mol. The van der Waals surface area contributed by atoms with Crippen LogP contribution in [0.3, 0.4) is 0 Å². The lowest BCUT2D eigenvalue weighted by Crippen LogP contribution is -2.24. The highest BCUT2D eigenvalue weighted by Gasteiger charge is 1.99. The third-order valence-electron chi connectivity index (χ3n) is 2.52. The molecule has 3 heteroatoms. The topological polar surface area (TPSA) is 41.1 Å². The Morgan fingerprint density at radius 2 is 1.89 bits per heavy atom. The lowest BCUT2D eigenvalue weighted by atomic mass is 10.1. The first kappa shape index (κ1) is 14.3. The second kappa shape index (κ2) is 7.54. The fourth-order valence-electron chi connectivity index (χ4n) is 1.51. The average molecular weight is 246 g/mol. The summed E-state index contributed by atoms with van der Waals surface area (Å²) in [6, 6.07) is 7.79. The van der Waals surface area contributed by atoms with Crippen molar-refractivity contribution in [3.05, 3.63) is 41.6 Å². The summed E-state index contributed by atoms with van der Waals surface area (Å²) in [5.74, 6) is 0. The quantitative estimate of drug-likeness (QED) is 0.807. The number of nitrogens with one attached hydrogen (secondary N) is 2. The van der Waals surface area contributed by atoms with Gasteiger partial charge in [0.1, 0.15) is 0 Å². The number of amides is 2. The number of benzene rings is 1. The molecule has 0 atom stereocenters. The van der Waals surface area contributed by atoms with Crippen LogP contribution in [0, 0.1) is 0 Å². The number of urea groups is 1. The molecular formula is C15H22N2O. The van der Waals surface area contributed by atoms with Gasteiger partial charge in [0.15, 0.2) is 0 Å². The monoisotopic (exact) mass is 246 g/mol. The number of rotatable bonds is 5. The first-order valence-corrected chi connectivity index (χ1v) is 6.41. The van der Waals surface area contributed by atoms with Gasteiger partial charge < -0.3 is 10.6 Å². The number of hydrogen-bond acceptors (Lipinski definition) is 1. The normalized spacial score (nSPS) is 9.72. The van der Waals surface area contributed by atoms with E-state index in [1.54, 1.807) is 6.20 Å². The molecule has 3 nitrogen and oxygen atoms in total. The fourth-order valence-corrected chi connectivity index (χ4v) is 1.51. The van der Waals surface area contributed by atoms with E-state index >= 15 is 0 Å². The molecule has 2 amide bonds. The van der Waals surface area contributed by atoms with Gasteiger partial charge in [-0.15, -0.1) is 0 Å². The summed E-state index contributed by atoms with van der Waals surface area (Å²) in [6.45, 7) is 6.05. The smallest absolute Gasteiger partial charge is 0.314 e. The van der Waals surface area contributed by atoms with E-state index in [1.807, 2.05) is 26.0 Å². The first-order chi connectivity index (χ1) is 8.61. The Balaban J connectivity index is 2.48. The molecule has 1 aromatic carbocycles. The number of allylic oxidation sites excluding steroid dienone is 1. The highest BCUT2D eigenvalue weighted by atomic mass is 16.2. The van der Waals surface area contributed by atoms with E-state index in [0.717, 1.165) is 17.7 Å². The molecule has 0 saturated carbocycles. The molecule has 0 aromatic heterocycles. The molecule has 0 aliphatic carbocycles. The van der Waals surface area contributed by atoms with E-state index in [-0.39, 0.29) is 6.03 Å². The highest BCUT2D eigenvalue weighted by molar-refractivity contribution is 5.89. The summed E-state index contributed by atoms with van der Waals surface area (Å²) < 4.78 is 0. The minimum Gasteiger partial charge on any atom is -0.314 e. The minimum absolute atomic E-state index is 0.211. The van der Waals surface area contributed by atoms with Crippen molar-refractivity contribution in [1.29, 1.82) is 0 Å². The molecule has 0 aliphatic heterocycles. The van der Waals surface area contributed by atoms with Crippen molar-refractivity contribution in [2.75, 3.05) is 5.32 Å². The van der Waals surface area contributed by atoms with Crippen LogP contribution in [0.15, 0.2) is 36.0 Å². The van der Waals surface area contributed by atoms with Crippen molar-refractivity contribution in [1.82, 2.24) is 5.32 Å². The van der Waals surface area contributed by atoms with Crippen molar-refractivity contribution in [2.24, 2.45) is 0 Å². The van der Waals surface area contributed by atoms with Crippen LogP contribution in [-0.4, -0.2) is 6.03 Å². The molecule has 1 aromatic rings. The lowest BCUT2D eigenvalue weighted by Gasteiger charge is -2.06. The van der Waals surface area contributed by atoms with Gasteiger partial charge in [-0.2, -0.15) is 0 Å². The number of aryl methyl sites for hydroxylation is 1. The van der Waals surface area contributed by atoms with Crippen LogP contribution in [0.2, 0.25) is 0 Å². The van der Waals surface area contributed by atoms with Gasteiger partial charge in [0, 0.05) is 11.9 Å². The van der Waals surface area contributed by atoms with Gasteiger partial charge in [0.05, 0.1) is 0 Å². The van der Waals surface area contributed by atoms with Crippen LogP contribution < -0.4 is 10.6 Å². The molecule has 98 valence electrons. The molecule has 0 heterocycles. The van der Waals surface area contributed by atoms with Gasteiger partial charge in [0.2, 0.25) is 0 Å². The van der Waals surface area contributed by atoms with Gasteiger partial charge in [-0.05, 0) is 44.4 Å². The van der Waals surface area contributed by atoms with E-state index in [0.29, 0.717) is 0 Å². The molecule has 0 fully saturated rings. The van der Waals surface area contributed by atoms with E-state index < -0.39 is 0 Å². The number of unbranched alkanes of at least 4 members (excludes halogenated alkanes) is 1. The number of carbonyl (C=O) groups excluding carboxylic acids is 1. The number of anilines is 1. The zero-order valence-electron chi connectivity index (χ0n) is 11.4. The molecule has 1 rings (SSSR count). The Morgan fingerprint density at radius 1 is 1.22 bits per heavy atom. The molecule has 18 heavy (non-hydrogen) atoms. The standard InChI is InChI=1S/C15H22N2O/c1-4-5-6-13-7-9-14(10-8-13)17-15(18)16-11-12(2)3/h7-11H,4-6H2,1-3H3,(H2,16,17,18). The van der Waals surface area contributed by atoms with Gasteiger partial charge in [0.25, 0.3) is 0 Å². The second-order valence-electron chi connectivity index (χ2n) is 4.62. The Labute approximate surface area is 109 Å². The van der Waals surface area contributed by atoms with Crippen LogP contribution in [0.4, 0.5) is 10.5 Å². The lowest BCUT2D eigenvalue weighted by molar-refractivity contribution is 0.255. The maximum absolute atomic E-state index is 11.5. The van der Waals surface area contributed by atoms with Gasteiger partial charge in [-0.1, -0.05) is 31.1 Å². The number of hydrogen-bond donors (Lipinski definition) is 2. The summed E-state index contributed by atoms with van der Waals surface area (Å²) in [5.41, 5.74) is 3.18. The highest BCUT2D eigenvalue weighted by Crippen LogP contribution is 2.11. The first-order valence-electron chi connectivity index (χ1n) is 6.41. The van der Waals surface area contributed by atoms with Crippen molar-refractivity contribution in [3.63, 3.8) is 0 Å². The minimum atomic E-state index is -0.211. The van der Waals surface area contributed by atoms with E-state index in [4.69, 9.17) is 0 Å². The zero-order chi connectivity index (χ0) is 13.4. The molecule has 0 spiro atoms. The molecular weight excluding hydrogens is 224 g/mol. The molecule has 2 N–H and O–H groups in total. The van der Waals surface area contributed by atoms with E-state index in [2.05, 4.69) is 29.7 Å². The van der Waals surface area contributed by atoms with Gasteiger partial charge in [-0.25, -0.2) is 4.79 Å². The third-order valence-corrected chi connectivity index (χ3v) is 2.52. The maximum atomic E-state index is 11.5. The zero-order valence-corrected chi connectivity index (χ0v) is 11.4. The SMILES string of the molecule is CCCCc1ccc(NC(=O)NC=C(C)C)cc1. The van der Waals surface area contributed by atoms with Crippen molar-refractivity contribution in [3.8, 4) is 0 Å². The summed E-state index contributed by atoms with van der Waals surface area (Å²) >= 11 is 0. The van der Waals surface area contributed by atoms with Crippen LogP contribution in [-0.2, 0) is 6.42 Å². The van der Waals surface area contributed by atoms with Crippen molar-refractivity contribution < 1.29 is 4.79 Å². The Kier molecular flexibility index (Phi) is 5.98. The van der Waals surface area contributed by atoms with Crippen molar-refractivity contribution in [2.45, 2.75) is 40.0 Å². The molecule has 0 aliphatic rings.